The van der Waals surface area contributed by atoms with Gasteiger partial charge in [-0.2, -0.15) is 5.10 Å². The Hall–Kier alpha value is -4.39. The number of nitrogens with one attached hydrogen (secondary N) is 3. The molecule has 200 valence electrons. The van der Waals surface area contributed by atoms with Crippen molar-refractivity contribution < 1.29 is 18.7 Å². The van der Waals surface area contributed by atoms with Gasteiger partial charge in [0.1, 0.15) is 5.75 Å². The first-order chi connectivity index (χ1) is 19.0. The van der Waals surface area contributed by atoms with Crippen molar-refractivity contribution in [3.63, 3.8) is 0 Å². The number of hydrogen-bond donors (Lipinski definition) is 3. The molecule has 10 nitrogen and oxygen atoms in total. The first-order valence-electron chi connectivity index (χ1n) is 12.1. The number of urea groups is 1. The number of pyridine rings is 2. The molecule has 3 N–H and O–H groups in total. The van der Waals surface area contributed by atoms with Gasteiger partial charge in [0.15, 0.2) is 17.4 Å². The minimum Gasteiger partial charge on any atom is -0.453 e. The van der Waals surface area contributed by atoms with Crippen LogP contribution in [0.5, 0.6) is 11.5 Å². The van der Waals surface area contributed by atoms with E-state index in [-0.39, 0.29) is 11.4 Å². The molecule has 0 saturated heterocycles. The van der Waals surface area contributed by atoms with Crippen LogP contribution >= 0.6 is 11.3 Å². The van der Waals surface area contributed by atoms with E-state index in [1.807, 2.05) is 24.4 Å². The Morgan fingerprint density at radius 1 is 1.08 bits per heavy atom. The predicted octanol–water partition coefficient (Wildman–Crippen LogP) is 5.40. The van der Waals surface area contributed by atoms with E-state index >= 15 is 0 Å². The number of amides is 2. The van der Waals surface area contributed by atoms with E-state index in [9.17, 15) is 9.18 Å². The molecule has 0 unspecified atom stereocenters. The fraction of sp³-hybridized carbons (Fsp3) is 0.185. The molecule has 0 atom stereocenters. The highest BCUT2D eigenvalue weighted by molar-refractivity contribution is 7.22. The van der Waals surface area contributed by atoms with E-state index in [2.05, 4.69) is 31.0 Å². The standard InChI is InChI=1S/C27H26FN7O3S/c1-35-11-8-25(34-35)33-27(36)32-18-4-6-22(19(28)13-18)38-23-7-9-30-21-14-24(39-26(21)23)20-5-3-17(16-31-20)15-29-10-12-37-2/h3-9,11,13-14,16,29H,10,12,15H2,1-2H3,(H2,32,33,34,36). The van der Waals surface area contributed by atoms with Crippen LogP contribution < -0.4 is 20.7 Å². The molecule has 1 aromatic carbocycles. The SMILES string of the molecule is COCCNCc1ccc(-c2cc3nccc(Oc4ccc(NC(=O)Nc5ccn(C)n5)cc4F)c3s2)nc1. The van der Waals surface area contributed by atoms with Crippen molar-refractivity contribution in [3.8, 4) is 22.1 Å². The molecule has 39 heavy (non-hydrogen) atoms. The van der Waals surface area contributed by atoms with Gasteiger partial charge >= 0.3 is 6.03 Å². The van der Waals surface area contributed by atoms with Crippen LogP contribution in [-0.2, 0) is 18.3 Å². The van der Waals surface area contributed by atoms with Gasteiger partial charge < -0.3 is 20.1 Å². The van der Waals surface area contributed by atoms with Crippen molar-refractivity contribution in [1.29, 1.82) is 0 Å². The van der Waals surface area contributed by atoms with Gasteiger partial charge in [-0.1, -0.05) is 6.07 Å². The zero-order chi connectivity index (χ0) is 27.2. The normalized spacial score (nSPS) is 11.1. The number of carbonyl (C=O) groups excluding carboxylic acids is 1. The van der Waals surface area contributed by atoms with Crippen LogP contribution in [-0.4, -0.2) is 46.0 Å². The molecule has 0 bridgehead atoms. The summed E-state index contributed by atoms with van der Waals surface area (Å²) in [5, 5.41) is 12.5. The zero-order valence-electron chi connectivity index (χ0n) is 21.3. The van der Waals surface area contributed by atoms with Gasteiger partial charge in [0.25, 0.3) is 0 Å². The number of ether oxygens (including phenoxy) is 2. The summed E-state index contributed by atoms with van der Waals surface area (Å²) in [6.45, 7) is 2.13. The molecule has 5 aromatic rings. The minimum absolute atomic E-state index is 0.0246. The number of aryl methyl sites for hydroxylation is 1. The number of fused-ring (bicyclic) bond motifs is 1. The number of benzene rings is 1. The summed E-state index contributed by atoms with van der Waals surface area (Å²) in [4.78, 5) is 22.1. The first kappa shape index (κ1) is 26.2. The molecule has 0 spiro atoms. The van der Waals surface area contributed by atoms with Gasteiger partial charge in [0.2, 0.25) is 0 Å². The van der Waals surface area contributed by atoms with Gasteiger partial charge in [-0.15, -0.1) is 11.3 Å². The third kappa shape index (κ3) is 6.55. The number of aromatic nitrogens is 4. The molecule has 0 saturated carbocycles. The molecule has 0 aliphatic carbocycles. The topological polar surface area (TPSA) is 115 Å². The van der Waals surface area contributed by atoms with Crippen LogP contribution in [0.1, 0.15) is 5.56 Å². The lowest BCUT2D eigenvalue weighted by molar-refractivity contribution is 0.199. The highest BCUT2D eigenvalue weighted by Gasteiger charge is 2.14. The van der Waals surface area contributed by atoms with Crippen molar-refractivity contribution in [1.82, 2.24) is 25.1 Å². The number of rotatable bonds is 10. The third-order valence-electron chi connectivity index (χ3n) is 5.63. The maximum atomic E-state index is 14.9. The summed E-state index contributed by atoms with van der Waals surface area (Å²) >= 11 is 1.47. The van der Waals surface area contributed by atoms with Gasteiger partial charge in [-0.3, -0.25) is 20.0 Å². The molecule has 0 radical (unpaired) electrons. The Kier molecular flexibility index (Phi) is 8.06. The lowest BCUT2D eigenvalue weighted by Crippen LogP contribution is -2.19. The molecular formula is C27H26FN7O3S. The highest BCUT2D eigenvalue weighted by atomic mass is 32.1. The number of methoxy groups -OCH3 is 1. The smallest absolute Gasteiger partial charge is 0.324 e. The maximum absolute atomic E-state index is 14.9. The van der Waals surface area contributed by atoms with E-state index in [0.29, 0.717) is 24.7 Å². The summed E-state index contributed by atoms with van der Waals surface area (Å²) in [5.41, 5.74) is 2.88. The zero-order valence-corrected chi connectivity index (χ0v) is 22.1. The van der Waals surface area contributed by atoms with Gasteiger partial charge in [0.05, 0.1) is 27.4 Å². The Morgan fingerprint density at radius 3 is 2.72 bits per heavy atom. The Bertz CT molecular complexity index is 1590. The van der Waals surface area contributed by atoms with Crippen LogP contribution in [0.25, 0.3) is 20.8 Å². The summed E-state index contributed by atoms with van der Waals surface area (Å²) in [6.07, 6.45) is 5.16. The molecule has 0 aliphatic rings. The van der Waals surface area contributed by atoms with Crippen LogP contribution in [0, 0.1) is 5.82 Å². The number of halogens is 1. The van der Waals surface area contributed by atoms with Crippen molar-refractivity contribution >= 4 is 39.1 Å². The van der Waals surface area contributed by atoms with Crippen molar-refractivity contribution in [2.75, 3.05) is 30.9 Å². The number of hydrogen-bond acceptors (Lipinski definition) is 8. The van der Waals surface area contributed by atoms with E-state index < -0.39 is 11.8 Å². The lowest BCUT2D eigenvalue weighted by Gasteiger charge is -2.10. The summed E-state index contributed by atoms with van der Waals surface area (Å²) < 4.78 is 28.2. The number of carbonyl (C=O) groups is 1. The van der Waals surface area contributed by atoms with E-state index in [0.717, 1.165) is 32.9 Å². The summed E-state index contributed by atoms with van der Waals surface area (Å²) in [6, 6.07) is 13.0. The summed E-state index contributed by atoms with van der Waals surface area (Å²) in [5.74, 6) is 0.261. The monoisotopic (exact) mass is 547 g/mol. The van der Waals surface area contributed by atoms with Crippen molar-refractivity contribution in [3.05, 3.63) is 78.5 Å². The van der Waals surface area contributed by atoms with E-state index in [4.69, 9.17) is 9.47 Å². The molecule has 5 rings (SSSR count). The molecule has 0 fully saturated rings. The Labute approximate surface area is 227 Å². The highest BCUT2D eigenvalue weighted by Crippen LogP contribution is 2.39. The van der Waals surface area contributed by atoms with Gasteiger partial charge in [-0.05, 0) is 29.8 Å². The van der Waals surface area contributed by atoms with Crippen LogP contribution in [0.3, 0.4) is 0 Å². The number of thiophene rings is 1. The Balaban J connectivity index is 1.27. The molecule has 2 amide bonds. The molecule has 0 aliphatic heterocycles. The maximum Gasteiger partial charge on any atom is 0.324 e. The third-order valence-corrected chi connectivity index (χ3v) is 6.79. The number of nitrogens with zero attached hydrogens (tertiary/aromatic N) is 4. The van der Waals surface area contributed by atoms with Gasteiger partial charge in [0, 0.05) is 69.7 Å². The molecule has 4 heterocycles. The molecule has 4 aromatic heterocycles. The fourth-order valence-corrected chi connectivity index (χ4v) is 4.79. The van der Waals surface area contributed by atoms with E-state index in [1.165, 1.54) is 23.5 Å². The minimum atomic E-state index is -0.622. The largest absolute Gasteiger partial charge is 0.453 e. The lowest BCUT2D eigenvalue weighted by atomic mass is 10.2. The van der Waals surface area contributed by atoms with Crippen molar-refractivity contribution in [2.45, 2.75) is 6.54 Å². The predicted molar refractivity (Wildman–Crippen MR) is 149 cm³/mol. The summed E-state index contributed by atoms with van der Waals surface area (Å²) in [7, 11) is 3.41. The first-order valence-corrected chi connectivity index (χ1v) is 12.9. The number of anilines is 2. The second-order valence-electron chi connectivity index (χ2n) is 8.56. The second kappa shape index (κ2) is 12.0. The fourth-order valence-electron chi connectivity index (χ4n) is 3.74. The van der Waals surface area contributed by atoms with Crippen LogP contribution in [0.2, 0.25) is 0 Å². The van der Waals surface area contributed by atoms with Gasteiger partial charge in [-0.25, -0.2) is 9.18 Å². The van der Waals surface area contributed by atoms with Crippen molar-refractivity contribution in [2.24, 2.45) is 7.05 Å². The second-order valence-corrected chi connectivity index (χ2v) is 9.61. The average Bonchev–Trinajstić information content (AvgIpc) is 3.55. The quantitative estimate of drug-likeness (QED) is 0.201. The molecule has 12 heteroatoms. The van der Waals surface area contributed by atoms with Crippen LogP contribution in [0.4, 0.5) is 20.7 Å². The Morgan fingerprint density at radius 2 is 1.97 bits per heavy atom. The molecular weight excluding hydrogens is 521 g/mol. The average molecular weight is 548 g/mol. The van der Waals surface area contributed by atoms with E-state index in [1.54, 1.807) is 49.4 Å². The van der Waals surface area contributed by atoms with Crippen LogP contribution in [0.15, 0.2) is 67.1 Å².